The summed E-state index contributed by atoms with van der Waals surface area (Å²) in [6, 6.07) is 6.94. The third kappa shape index (κ3) is 5.81. The molecule has 0 radical (unpaired) electrons. The summed E-state index contributed by atoms with van der Waals surface area (Å²) < 4.78 is 5.45. The maximum absolute atomic E-state index is 12.3. The number of hydrogen-bond donors (Lipinski definition) is 2. The highest BCUT2D eigenvalue weighted by Crippen LogP contribution is 2.26. The third-order valence-electron chi connectivity index (χ3n) is 4.45. The molecule has 0 aliphatic carbocycles. The smallest absolute Gasteiger partial charge is 0.249 e. The molecular formula is C19H27ClN4O2. The molecule has 0 aliphatic heterocycles. The van der Waals surface area contributed by atoms with Gasteiger partial charge in [0.1, 0.15) is 6.04 Å². The molecule has 2 unspecified atom stereocenters. The average molecular weight is 379 g/mol. The number of nitrogens with zero attached hydrogens (tertiary/aromatic N) is 2. The van der Waals surface area contributed by atoms with Crippen molar-refractivity contribution in [3.05, 3.63) is 35.2 Å². The standard InChI is InChI=1S/C19H27ClN4O2/c1-3-13(2)17(22-16(25)7-5-4-6-12-21)19-23-18(24-26-19)14-8-10-15(20)11-9-14/h8-11,13,17H,3-7,12,21H2,1-2H3,(H,22,25). The number of hydrogen-bond acceptors (Lipinski definition) is 5. The minimum atomic E-state index is -0.296. The van der Waals surface area contributed by atoms with E-state index in [4.69, 9.17) is 21.9 Å². The van der Waals surface area contributed by atoms with Gasteiger partial charge in [-0.05, 0) is 49.6 Å². The van der Waals surface area contributed by atoms with Crippen LogP contribution < -0.4 is 11.1 Å². The fraction of sp³-hybridized carbons (Fsp3) is 0.526. The summed E-state index contributed by atoms with van der Waals surface area (Å²) in [5.74, 6) is 1.10. The lowest BCUT2D eigenvalue weighted by Crippen LogP contribution is -2.32. The summed E-state index contributed by atoms with van der Waals surface area (Å²) in [7, 11) is 0. The number of nitrogens with two attached hydrogens (primary N) is 1. The molecule has 6 nitrogen and oxygen atoms in total. The lowest BCUT2D eigenvalue weighted by atomic mass is 9.98. The zero-order chi connectivity index (χ0) is 18.9. The van der Waals surface area contributed by atoms with E-state index >= 15 is 0 Å². The number of unbranched alkanes of at least 4 members (excludes halogenated alkanes) is 2. The van der Waals surface area contributed by atoms with Crippen molar-refractivity contribution in [2.24, 2.45) is 11.7 Å². The molecule has 0 spiro atoms. The van der Waals surface area contributed by atoms with Crippen molar-refractivity contribution in [1.29, 1.82) is 0 Å². The molecule has 0 saturated heterocycles. The van der Waals surface area contributed by atoms with Crippen LogP contribution in [0.1, 0.15) is 57.9 Å². The predicted molar refractivity (Wildman–Crippen MR) is 103 cm³/mol. The number of carbonyl (C=O) groups is 1. The molecule has 2 rings (SSSR count). The summed E-state index contributed by atoms with van der Waals surface area (Å²) in [4.78, 5) is 16.8. The zero-order valence-corrected chi connectivity index (χ0v) is 16.1. The summed E-state index contributed by atoms with van der Waals surface area (Å²) in [6.07, 6.45) is 4.09. The van der Waals surface area contributed by atoms with E-state index in [2.05, 4.69) is 29.3 Å². The Morgan fingerprint density at radius 1 is 1.27 bits per heavy atom. The highest BCUT2D eigenvalue weighted by molar-refractivity contribution is 6.30. The fourth-order valence-corrected chi connectivity index (χ4v) is 2.74. The number of halogens is 1. The maximum Gasteiger partial charge on any atom is 0.249 e. The molecule has 26 heavy (non-hydrogen) atoms. The second-order valence-electron chi connectivity index (χ2n) is 6.49. The minimum Gasteiger partial charge on any atom is -0.344 e. The number of aromatic nitrogens is 2. The van der Waals surface area contributed by atoms with Crippen molar-refractivity contribution in [3.63, 3.8) is 0 Å². The van der Waals surface area contributed by atoms with E-state index in [1.54, 1.807) is 12.1 Å². The van der Waals surface area contributed by atoms with Gasteiger partial charge in [0.2, 0.25) is 17.6 Å². The summed E-state index contributed by atoms with van der Waals surface area (Å²) in [5, 5.41) is 7.75. The Balaban J connectivity index is 2.07. The van der Waals surface area contributed by atoms with Crippen LogP contribution in [0.25, 0.3) is 11.4 Å². The first-order valence-electron chi connectivity index (χ1n) is 9.14. The monoisotopic (exact) mass is 378 g/mol. The molecule has 1 aromatic carbocycles. The van der Waals surface area contributed by atoms with Crippen molar-refractivity contribution < 1.29 is 9.32 Å². The van der Waals surface area contributed by atoms with Crippen molar-refractivity contribution >= 4 is 17.5 Å². The first kappa shape index (κ1) is 20.4. The summed E-state index contributed by atoms with van der Waals surface area (Å²) in [6.45, 7) is 4.79. The highest BCUT2D eigenvalue weighted by atomic mass is 35.5. The molecule has 0 fully saturated rings. The Morgan fingerprint density at radius 3 is 2.65 bits per heavy atom. The molecular weight excluding hydrogens is 352 g/mol. The average Bonchev–Trinajstić information content (AvgIpc) is 3.13. The van der Waals surface area contributed by atoms with E-state index in [9.17, 15) is 4.79 Å². The van der Waals surface area contributed by atoms with Gasteiger partial charge in [-0.2, -0.15) is 4.98 Å². The number of amides is 1. The van der Waals surface area contributed by atoms with Crippen LogP contribution in [-0.4, -0.2) is 22.6 Å². The van der Waals surface area contributed by atoms with E-state index in [0.717, 1.165) is 31.2 Å². The molecule has 142 valence electrons. The Morgan fingerprint density at radius 2 is 2.00 bits per heavy atom. The number of rotatable bonds is 10. The van der Waals surface area contributed by atoms with Crippen LogP contribution >= 0.6 is 11.6 Å². The van der Waals surface area contributed by atoms with E-state index in [1.165, 1.54) is 0 Å². The molecule has 1 aromatic heterocycles. The first-order chi connectivity index (χ1) is 12.5. The molecule has 3 N–H and O–H groups in total. The zero-order valence-electron chi connectivity index (χ0n) is 15.4. The van der Waals surface area contributed by atoms with Crippen LogP contribution in [0.2, 0.25) is 5.02 Å². The molecule has 2 atom stereocenters. The van der Waals surface area contributed by atoms with Crippen molar-refractivity contribution in [1.82, 2.24) is 15.5 Å². The van der Waals surface area contributed by atoms with Crippen molar-refractivity contribution in [2.75, 3.05) is 6.54 Å². The molecule has 0 bridgehead atoms. The van der Waals surface area contributed by atoms with Gasteiger partial charge >= 0.3 is 0 Å². The van der Waals surface area contributed by atoms with Crippen LogP contribution in [0.15, 0.2) is 28.8 Å². The number of carbonyl (C=O) groups excluding carboxylic acids is 1. The van der Waals surface area contributed by atoms with Gasteiger partial charge in [0.05, 0.1) is 0 Å². The third-order valence-corrected chi connectivity index (χ3v) is 4.70. The van der Waals surface area contributed by atoms with Crippen molar-refractivity contribution in [2.45, 2.75) is 52.0 Å². The van der Waals surface area contributed by atoms with E-state index in [-0.39, 0.29) is 17.9 Å². The largest absolute Gasteiger partial charge is 0.344 e. The van der Waals surface area contributed by atoms with Crippen LogP contribution in [-0.2, 0) is 4.79 Å². The molecule has 0 saturated carbocycles. The van der Waals surface area contributed by atoms with Gasteiger partial charge in [-0.1, -0.05) is 43.4 Å². The predicted octanol–water partition coefficient (Wildman–Crippen LogP) is 4.11. The Bertz CT molecular complexity index is 687. The molecule has 0 aliphatic rings. The van der Waals surface area contributed by atoms with E-state index in [0.29, 0.717) is 29.7 Å². The minimum absolute atomic E-state index is 0.00133. The van der Waals surface area contributed by atoms with E-state index < -0.39 is 0 Å². The summed E-state index contributed by atoms with van der Waals surface area (Å²) >= 11 is 5.92. The summed E-state index contributed by atoms with van der Waals surface area (Å²) in [5.41, 5.74) is 6.30. The number of nitrogens with one attached hydrogen (secondary N) is 1. The second-order valence-corrected chi connectivity index (χ2v) is 6.93. The van der Waals surface area contributed by atoms with Crippen LogP contribution in [0, 0.1) is 5.92 Å². The number of benzene rings is 1. The Labute approximate surface area is 159 Å². The quantitative estimate of drug-likeness (QED) is 0.606. The van der Waals surface area contributed by atoms with Crippen LogP contribution in [0.3, 0.4) is 0 Å². The van der Waals surface area contributed by atoms with Crippen molar-refractivity contribution in [3.8, 4) is 11.4 Å². The normalized spacial score (nSPS) is 13.4. The second kappa shape index (κ2) is 10.3. The Kier molecular flexibility index (Phi) is 8.06. The van der Waals surface area contributed by atoms with Crippen LogP contribution in [0.5, 0.6) is 0 Å². The molecule has 1 amide bonds. The molecule has 7 heteroatoms. The first-order valence-corrected chi connectivity index (χ1v) is 9.52. The topological polar surface area (TPSA) is 94.0 Å². The fourth-order valence-electron chi connectivity index (χ4n) is 2.61. The van der Waals surface area contributed by atoms with Gasteiger partial charge in [0.25, 0.3) is 0 Å². The van der Waals surface area contributed by atoms with Gasteiger partial charge in [-0.15, -0.1) is 0 Å². The lowest BCUT2D eigenvalue weighted by molar-refractivity contribution is -0.122. The Hall–Kier alpha value is -1.92. The highest BCUT2D eigenvalue weighted by Gasteiger charge is 2.26. The van der Waals surface area contributed by atoms with Gasteiger partial charge in [-0.25, -0.2) is 0 Å². The molecule has 1 heterocycles. The van der Waals surface area contributed by atoms with Gasteiger partial charge in [-0.3, -0.25) is 4.79 Å². The van der Waals surface area contributed by atoms with E-state index in [1.807, 2.05) is 12.1 Å². The SMILES string of the molecule is CCC(C)C(NC(=O)CCCCCN)c1nc(-c2ccc(Cl)cc2)no1. The molecule has 2 aromatic rings. The van der Waals surface area contributed by atoms with Crippen LogP contribution in [0.4, 0.5) is 0 Å². The van der Waals surface area contributed by atoms with Gasteiger partial charge in [0, 0.05) is 17.0 Å². The van der Waals surface area contributed by atoms with Gasteiger partial charge < -0.3 is 15.6 Å². The van der Waals surface area contributed by atoms with Gasteiger partial charge in [0.15, 0.2) is 0 Å². The maximum atomic E-state index is 12.3. The lowest BCUT2D eigenvalue weighted by Gasteiger charge is -2.20.